The van der Waals surface area contributed by atoms with Crippen molar-refractivity contribution < 1.29 is 23.5 Å². The van der Waals surface area contributed by atoms with E-state index in [2.05, 4.69) is 22.4 Å². The Bertz CT molecular complexity index is 1270. The molecule has 0 saturated carbocycles. The number of oxazole rings is 1. The quantitative estimate of drug-likeness (QED) is 0.313. The van der Waals surface area contributed by atoms with Crippen molar-refractivity contribution in [2.24, 2.45) is 11.8 Å². The van der Waals surface area contributed by atoms with E-state index in [0.29, 0.717) is 26.1 Å². The first kappa shape index (κ1) is 29.2. The van der Waals surface area contributed by atoms with Gasteiger partial charge >= 0.3 is 12.1 Å². The normalized spacial score (nSPS) is 16.4. The van der Waals surface area contributed by atoms with Crippen LogP contribution in [0.4, 0.5) is 10.5 Å². The SMILES string of the molecule is CC(C)(C)OC(=O)[C@@H](Cc1cccc(CNc2ccc(-c3cnco3)cc2)c1)[C@H]1CCN(C(=O)OC(C)(C)C)C1. The summed E-state index contributed by atoms with van der Waals surface area (Å²) in [5, 5.41) is 3.46. The molecule has 0 aliphatic carbocycles. The summed E-state index contributed by atoms with van der Waals surface area (Å²) in [6, 6.07) is 16.3. The number of aromatic nitrogens is 1. The molecule has 1 amide bonds. The van der Waals surface area contributed by atoms with Crippen LogP contribution in [-0.2, 0) is 27.2 Å². The van der Waals surface area contributed by atoms with Crippen LogP contribution in [0.3, 0.4) is 0 Å². The summed E-state index contributed by atoms with van der Waals surface area (Å²) >= 11 is 0. The van der Waals surface area contributed by atoms with Crippen molar-refractivity contribution in [1.29, 1.82) is 0 Å². The van der Waals surface area contributed by atoms with E-state index >= 15 is 0 Å². The zero-order valence-corrected chi connectivity index (χ0v) is 24.4. The Kier molecular flexibility index (Phi) is 8.86. The lowest BCUT2D eigenvalue weighted by atomic mass is 9.85. The van der Waals surface area contributed by atoms with Gasteiger partial charge in [-0.3, -0.25) is 4.79 Å². The van der Waals surface area contributed by atoms with E-state index < -0.39 is 11.2 Å². The topological polar surface area (TPSA) is 93.9 Å². The van der Waals surface area contributed by atoms with Gasteiger partial charge in [0, 0.05) is 30.9 Å². The lowest BCUT2D eigenvalue weighted by molar-refractivity contribution is -0.161. The van der Waals surface area contributed by atoms with Gasteiger partial charge in [-0.2, -0.15) is 0 Å². The summed E-state index contributed by atoms with van der Waals surface area (Å²) in [6.07, 6.45) is 4.06. The van der Waals surface area contributed by atoms with Crippen LogP contribution in [-0.4, -0.2) is 46.2 Å². The second-order valence-corrected chi connectivity index (χ2v) is 12.4. The van der Waals surface area contributed by atoms with Crippen molar-refractivity contribution >= 4 is 17.7 Å². The molecule has 1 aromatic heterocycles. The zero-order chi connectivity index (χ0) is 28.9. The molecule has 1 aliphatic heterocycles. The first-order valence-corrected chi connectivity index (χ1v) is 13.9. The molecular formula is C32H41N3O5. The van der Waals surface area contributed by atoms with Crippen molar-refractivity contribution in [3.05, 3.63) is 72.2 Å². The Morgan fingerprint density at radius 1 is 1.02 bits per heavy atom. The summed E-state index contributed by atoms with van der Waals surface area (Å²) < 4.78 is 16.8. The minimum Gasteiger partial charge on any atom is -0.460 e. The third-order valence-electron chi connectivity index (χ3n) is 6.70. The van der Waals surface area contributed by atoms with Crippen LogP contribution in [0.5, 0.6) is 0 Å². The Morgan fingerprint density at radius 2 is 1.73 bits per heavy atom. The average molecular weight is 548 g/mol. The highest BCUT2D eigenvalue weighted by atomic mass is 16.6. The van der Waals surface area contributed by atoms with Gasteiger partial charge in [0.1, 0.15) is 11.2 Å². The molecule has 1 saturated heterocycles. The van der Waals surface area contributed by atoms with E-state index in [1.165, 1.54) is 6.39 Å². The molecule has 1 aliphatic rings. The maximum absolute atomic E-state index is 13.4. The second kappa shape index (κ2) is 12.1. The molecule has 214 valence electrons. The van der Waals surface area contributed by atoms with E-state index in [1.54, 1.807) is 11.1 Å². The van der Waals surface area contributed by atoms with Gasteiger partial charge in [0.05, 0.1) is 12.1 Å². The Labute approximate surface area is 237 Å². The highest BCUT2D eigenvalue weighted by Crippen LogP contribution is 2.31. The number of hydrogen-bond acceptors (Lipinski definition) is 7. The van der Waals surface area contributed by atoms with E-state index in [-0.39, 0.29) is 23.9 Å². The van der Waals surface area contributed by atoms with E-state index in [9.17, 15) is 9.59 Å². The predicted octanol–water partition coefficient (Wildman–Crippen LogP) is 6.71. The van der Waals surface area contributed by atoms with Crippen LogP contribution in [0.1, 0.15) is 59.1 Å². The molecule has 0 bridgehead atoms. The summed E-state index contributed by atoms with van der Waals surface area (Å²) in [7, 11) is 0. The molecule has 2 aromatic carbocycles. The average Bonchev–Trinajstić information content (AvgIpc) is 3.58. The Hall–Kier alpha value is -3.81. The number of carbonyl (C=O) groups is 2. The maximum Gasteiger partial charge on any atom is 0.410 e. The molecule has 8 heteroatoms. The van der Waals surface area contributed by atoms with Gasteiger partial charge in [0.25, 0.3) is 0 Å². The number of anilines is 1. The number of hydrogen-bond donors (Lipinski definition) is 1. The molecule has 2 atom stereocenters. The first-order chi connectivity index (χ1) is 18.9. The zero-order valence-electron chi connectivity index (χ0n) is 24.4. The molecule has 3 aromatic rings. The standard InChI is InChI=1S/C32H41N3O5/c1-31(2,3)39-29(36)27(25-14-15-35(20-25)30(37)40-32(4,5)6)17-22-8-7-9-23(16-22)18-34-26-12-10-24(11-13-26)28-19-33-21-38-28/h7-13,16,19,21,25,27,34H,14-15,17-18,20H2,1-6H3/t25-,27-/m0/s1. The van der Waals surface area contributed by atoms with Crippen LogP contribution >= 0.6 is 0 Å². The lowest BCUT2D eigenvalue weighted by Crippen LogP contribution is -2.38. The van der Waals surface area contributed by atoms with Crippen molar-refractivity contribution in [2.75, 3.05) is 18.4 Å². The number of rotatable bonds is 8. The fourth-order valence-corrected chi connectivity index (χ4v) is 4.86. The van der Waals surface area contributed by atoms with E-state index in [4.69, 9.17) is 13.9 Å². The lowest BCUT2D eigenvalue weighted by Gasteiger charge is -2.28. The molecule has 8 nitrogen and oxygen atoms in total. The minimum absolute atomic E-state index is 0.00738. The molecular weight excluding hydrogens is 506 g/mol. The van der Waals surface area contributed by atoms with Gasteiger partial charge < -0.3 is 24.1 Å². The molecule has 0 unspecified atom stereocenters. The Balaban J connectivity index is 1.42. The maximum atomic E-state index is 13.4. The first-order valence-electron chi connectivity index (χ1n) is 13.9. The number of carbonyl (C=O) groups excluding carboxylic acids is 2. The van der Waals surface area contributed by atoms with Crippen LogP contribution in [0.15, 0.2) is 65.5 Å². The fourth-order valence-electron chi connectivity index (χ4n) is 4.86. The molecule has 2 heterocycles. The van der Waals surface area contributed by atoms with Gasteiger partial charge in [-0.1, -0.05) is 24.3 Å². The highest BCUT2D eigenvalue weighted by molar-refractivity contribution is 5.74. The monoisotopic (exact) mass is 547 g/mol. The predicted molar refractivity (Wildman–Crippen MR) is 155 cm³/mol. The van der Waals surface area contributed by atoms with Crippen molar-refractivity contribution in [1.82, 2.24) is 9.88 Å². The summed E-state index contributed by atoms with van der Waals surface area (Å²) in [5.41, 5.74) is 2.98. The number of amides is 1. The van der Waals surface area contributed by atoms with Crippen molar-refractivity contribution in [3.8, 4) is 11.3 Å². The molecule has 1 fully saturated rings. The smallest absolute Gasteiger partial charge is 0.410 e. The minimum atomic E-state index is -0.590. The van der Waals surface area contributed by atoms with Crippen LogP contribution < -0.4 is 5.32 Å². The van der Waals surface area contributed by atoms with E-state index in [0.717, 1.165) is 34.6 Å². The second-order valence-electron chi connectivity index (χ2n) is 12.4. The van der Waals surface area contributed by atoms with Crippen LogP contribution in [0.25, 0.3) is 11.3 Å². The third-order valence-corrected chi connectivity index (χ3v) is 6.70. The van der Waals surface area contributed by atoms with Crippen molar-refractivity contribution in [2.45, 2.75) is 72.1 Å². The number of benzene rings is 2. The van der Waals surface area contributed by atoms with Crippen LogP contribution in [0, 0.1) is 11.8 Å². The van der Waals surface area contributed by atoms with Gasteiger partial charge in [-0.25, -0.2) is 9.78 Å². The Morgan fingerprint density at radius 3 is 2.38 bits per heavy atom. The van der Waals surface area contributed by atoms with E-state index in [1.807, 2.05) is 77.9 Å². The number of nitrogens with zero attached hydrogens (tertiary/aromatic N) is 2. The summed E-state index contributed by atoms with van der Waals surface area (Å²) in [5.74, 6) is 0.139. The molecule has 0 spiro atoms. The number of nitrogens with one attached hydrogen (secondary N) is 1. The molecule has 1 N–H and O–H groups in total. The van der Waals surface area contributed by atoms with Gasteiger partial charge in [0.15, 0.2) is 12.2 Å². The third kappa shape index (κ3) is 8.34. The largest absolute Gasteiger partial charge is 0.460 e. The molecule has 0 radical (unpaired) electrons. The number of ether oxygens (including phenoxy) is 2. The summed E-state index contributed by atoms with van der Waals surface area (Å²) in [6.45, 7) is 12.9. The fraction of sp³-hybridized carbons (Fsp3) is 0.469. The van der Waals surface area contributed by atoms with Gasteiger partial charge in [-0.15, -0.1) is 0 Å². The summed E-state index contributed by atoms with van der Waals surface area (Å²) in [4.78, 5) is 31.7. The van der Waals surface area contributed by atoms with Crippen molar-refractivity contribution in [3.63, 3.8) is 0 Å². The van der Waals surface area contributed by atoms with Gasteiger partial charge in [-0.05, 0) is 95.7 Å². The van der Waals surface area contributed by atoms with Crippen LogP contribution in [0.2, 0.25) is 0 Å². The number of likely N-dealkylation sites (tertiary alicyclic amines) is 1. The van der Waals surface area contributed by atoms with Gasteiger partial charge in [0.2, 0.25) is 0 Å². The molecule has 40 heavy (non-hydrogen) atoms. The molecule has 4 rings (SSSR count). The highest BCUT2D eigenvalue weighted by Gasteiger charge is 2.39. The number of esters is 1.